The minimum atomic E-state index is -0.792. The van der Waals surface area contributed by atoms with Crippen molar-refractivity contribution in [2.45, 2.75) is 13.1 Å². The average molecular weight is 493 g/mol. The number of benzene rings is 2. The summed E-state index contributed by atoms with van der Waals surface area (Å²) in [6.45, 7) is 5.34. The van der Waals surface area contributed by atoms with Gasteiger partial charge < -0.3 is 19.9 Å². The molecule has 8 nitrogen and oxygen atoms in total. The molecule has 0 atom stereocenters. The minimum Gasteiger partial charge on any atom is -0.455 e. The molecule has 4 aromatic rings. The summed E-state index contributed by atoms with van der Waals surface area (Å²) in [5, 5.41) is 3.67. The zero-order valence-electron chi connectivity index (χ0n) is 19.0. The number of nitrogens with one attached hydrogen (secondary N) is 1. The van der Waals surface area contributed by atoms with Crippen LogP contribution in [0.15, 0.2) is 69.5 Å². The molecule has 1 aliphatic heterocycles. The lowest BCUT2D eigenvalue weighted by Crippen LogP contribution is -2.45. The largest absolute Gasteiger partial charge is 0.455 e. The molecule has 9 heteroatoms. The molecule has 5 rings (SSSR count). The summed E-state index contributed by atoms with van der Waals surface area (Å²) in [7, 11) is 0. The molecule has 0 unspecified atom stereocenters. The van der Waals surface area contributed by atoms with Crippen molar-refractivity contribution in [3.8, 4) is 0 Å². The highest BCUT2D eigenvalue weighted by atomic mass is 35.5. The lowest BCUT2D eigenvalue weighted by Gasteiger charge is -2.34. The first-order chi connectivity index (χ1) is 17.0. The standard InChI is InChI=1S/C26H25ClN4O4/c27-18-6-8-20-22(14-18)35-24(25(28)32)23(20)29-26(33)21-9-7-19(34-21)16-31-12-10-30(11-13-31)15-17-4-2-1-3-5-17/h1-9,14H,10-13,15-16H2,(H2,28,32)(H,29,33). The number of carbonyl (C=O) groups excluding carboxylic acids is 2. The van der Waals surface area contributed by atoms with E-state index >= 15 is 0 Å². The van der Waals surface area contributed by atoms with Crippen molar-refractivity contribution in [1.82, 2.24) is 9.80 Å². The number of rotatable bonds is 7. The summed E-state index contributed by atoms with van der Waals surface area (Å²) < 4.78 is 11.3. The number of carbonyl (C=O) groups is 2. The quantitative estimate of drug-likeness (QED) is 0.397. The van der Waals surface area contributed by atoms with E-state index in [1.807, 2.05) is 6.07 Å². The zero-order valence-corrected chi connectivity index (χ0v) is 19.8. The molecule has 0 aliphatic carbocycles. The molecule has 3 heterocycles. The third kappa shape index (κ3) is 5.24. The molecule has 1 aliphatic rings. The van der Waals surface area contributed by atoms with Gasteiger partial charge in [-0.05, 0) is 29.8 Å². The lowest BCUT2D eigenvalue weighted by molar-refractivity contribution is 0.0976. The summed E-state index contributed by atoms with van der Waals surface area (Å²) in [6, 6.07) is 18.7. The molecule has 3 N–H and O–H groups in total. The molecule has 2 aromatic heterocycles. The van der Waals surface area contributed by atoms with Crippen molar-refractivity contribution in [3.05, 3.63) is 88.5 Å². The number of furan rings is 2. The van der Waals surface area contributed by atoms with Gasteiger partial charge >= 0.3 is 0 Å². The van der Waals surface area contributed by atoms with Crippen LogP contribution >= 0.6 is 11.6 Å². The Morgan fingerprint density at radius 3 is 2.34 bits per heavy atom. The predicted octanol–water partition coefficient (Wildman–Crippen LogP) is 4.35. The second kappa shape index (κ2) is 9.95. The molecular formula is C26H25ClN4O4. The van der Waals surface area contributed by atoms with Crippen molar-refractivity contribution in [2.75, 3.05) is 31.5 Å². The Bertz CT molecular complexity index is 1360. The van der Waals surface area contributed by atoms with E-state index in [2.05, 4.69) is 39.4 Å². The van der Waals surface area contributed by atoms with Gasteiger partial charge in [0.25, 0.3) is 11.8 Å². The second-order valence-corrected chi connectivity index (χ2v) is 9.01. The second-order valence-electron chi connectivity index (χ2n) is 8.57. The topological polar surface area (TPSA) is 105 Å². The third-order valence-corrected chi connectivity index (χ3v) is 6.33. The third-order valence-electron chi connectivity index (χ3n) is 6.09. The molecule has 35 heavy (non-hydrogen) atoms. The summed E-state index contributed by atoms with van der Waals surface area (Å²) in [5.74, 6) is -0.592. The van der Waals surface area contributed by atoms with Crippen molar-refractivity contribution in [1.29, 1.82) is 0 Å². The van der Waals surface area contributed by atoms with Crippen LogP contribution in [0.25, 0.3) is 11.0 Å². The van der Waals surface area contributed by atoms with Crippen LogP contribution in [0.5, 0.6) is 0 Å². The monoisotopic (exact) mass is 492 g/mol. The van der Waals surface area contributed by atoms with Crippen LogP contribution in [0.3, 0.4) is 0 Å². The maximum absolute atomic E-state index is 12.9. The highest BCUT2D eigenvalue weighted by molar-refractivity contribution is 6.31. The molecule has 2 amide bonds. The summed E-state index contributed by atoms with van der Waals surface area (Å²) in [6.07, 6.45) is 0. The van der Waals surface area contributed by atoms with Gasteiger partial charge in [-0.2, -0.15) is 0 Å². The van der Waals surface area contributed by atoms with E-state index in [0.29, 0.717) is 28.3 Å². The number of anilines is 1. The predicted molar refractivity (Wildman–Crippen MR) is 133 cm³/mol. The van der Waals surface area contributed by atoms with Crippen LogP contribution in [0.4, 0.5) is 5.69 Å². The van der Waals surface area contributed by atoms with Crippen molar-refractivity contribution in [2.24, 2.45) is 5.73 Å². The first-order valence-corrected chi connectivity index (χ1v) is 11.7. The van der Waals surface area contributed by atoms with Crippen LogP contribution in [0.2, 0.25) is 5.02 Å². The van der Waals surface area contributed by atoms with Crippen LogP contribution < -0.4 is 11.1 Å². The van der Waals surface area contributed by atoms with Gasteiger partial charge in [-0.15, -0.1) is 0 Å². The van der Waals surface area contributed by atoms with Gasteiger partial charge in [0.15, 0.2) is 5.76 Å². The molecule has 0 spiro atoms. The number of hydrogen-bond acceptors (Lipinski definition) is 6. The van der Waals surface area contributed by atoms with Crippen molar-refractivity contribution >= 4 is 40.1 Å². The van der Waals surface area contributed by atoms with Gasteiger partial charge in [0.05, 0.1) is 6.54 Å². The zero-order chi connectivity index (χ0) is 24.4. The molecular weight excluding hydrogens is 468 g/mol. The fourth-order valence-electron chi connectivity index (χ4n) is 4.30. The van der Waals surface area contributed by atoms with E-state index < -0.39 is 11.8 Å². The lowest BCUT2D eigenvalue weighted by atomic mass is 10.2. The van der Waals surface area contributed by atoms with Gasteiger partial charge in [0.1, 0.15) is 17.0 Å². The Hall–Kier alpha value is -3.59. The van der Waals surface area contributed by atoms with Gasteiger partial charge in [0, 0.05) is 49.2 Å². The average Bonchev–Trinajstić information content (AvgIpc) is 3.46. The minimum absolute atomic E-state index is 0.140. The smallest absolute Gasteiger partial charge is 0.291 e. The molecule has 0 saturated carbocycles. The highest BCUT2D eigenvalue weighted by Crippen LogP contribution is 2.33. The molecule has 1 saturated heterocycles. The maximum atomic E-state index is 12.9. The van der Waals surface area contributed by atoms with Crippen LogP contribution in [0.1, 0.15) is 32.4 Å². The first kappa shape index (κ1) is 23.2. The Labute approximate surface area is 207 Å². The van der Waals surface area contributed by atoms with E-state index in [0.717, 1.165) is 32.7 Å². The molecule has 0 radical (unpaired) electrons. The normalized spacial score (nSPS) is 14.9. The van der Waals surface area contributed by atoms with E-state index in [9.17, 15) is 9.59 Å². The van der Waals surface area contributed by atoms with Crippen molar-refractivity contribution < 1.29 is 18.4 Å². The number of hydrogen-bond donors (Lipinski definition) is 2. The summed E-state index contributed by atoms with van der Waals surface area (Å²) >= 11 is 6.00. The van der Waals surface area contributed by atoms with E-state index in [-0.39, 0.29) is 17.2 Å². The fraction of sp³-hybridized carbons (Fsp3) is 0.231. The Balaban J connectivity index is 1.21. The SMILES string of the molecule is NC(=O)c1oc2cc(Cl)ccc2c1NC(=O)c1ccc(CN2CCN(Cc3ccccc3)CC2)o1. The number of fused-ring (bicyclic) bond motifs is 1. The Morgan fingerprint density at radius 1 is 0.914 bits per heavy atom. The highest BCUT2D eigenvalue weighted by Gasteiger charge is 2.23. The molecule has 2 aromatic carbocycles. The Kier molecular flexibility index (Phi) is 6.59. The van der Waals surface area contributed by atoms with E-state index in [1.165, 1.54) is 5.56 Å². The summed E-state index contributed by atoms with van der Waals surface area (Å²) in [5.41, 5.74) is 7.31. The first-order valence-electron chi connectivity index (χ1n) is 11.4. The summed E-state index contributed by atoms with van der Waals surface area (Å²) in [4.78, 5) is 29.5. The number of nitrogens with two attached hydrogens (primary N) is 1. The van der Waals surface area contributed by atoms with Gasteiger partial charge in [-0.25, -0.2) is 0 Å². The Morgan fingerprint density at radius 2 is 1.63 bits per heavy atom. The molecule has 0 bridgehead atoms. The maximum Gasteiger partial charge on any atom is 0.291 e. The number of primary amides is 1. The van der Waals surface area contributed by atoms with E-state index in [4.69, 9.17) is 26.2 Å². The molecule has 180 valence electrons. The van der Waals surface area contributed by atoms with Gasteiger partial charge in [-0.3, -0.25) is 19.4 Å². The van der Waals surface area contributed by atoms with Crippen LogP contribution in [0, 0.1) is 0 Å². The number of halogens is 1. The van der Waals surface area contributed by atoms with Gasteiger partial charge in [0.2, 0.25) is 5.76 Å². The van der Waals surface area contributed by atoms with Crippen molar-refractivity contribution in [3.63, 3.8) is 0 Å². The van der Waals surface area contributed by atoms with Gasteiger partial charge in [-0.1, -0.05) is 41.9 Å². The number of nitrogens with zero attached hydrogens (tertiary/aromatic N) is 2. The van der Waals surface area contributed by atoms with Crippen LogP contribution in [-0.4, -0.2) is 47.8 Å². The van der Waals surface area contributed by atoms with Crippen LogP contribution in [-0.2, 0) is 13.1 Å². The number of amides is 2. The fourth-order valence-corrected chi connectivity index (χ4v) is 4.46. The molecule has 1 fully saturated rings. The van der Waals surface area contributed by atoms with E-state index in [1.54, 1.807) is 30.3 Å². The number of piperazine rings is 1.